The van der Waals surface area contributed by atoms with E-state index in [0.29, 0.717) is 35.2 Å². The van der Waals surface area contributed by atoms with Crippen molar-refractivity contribution in [2.24, 2.45) is 11.6 Å². The number of anilines is 1. The standard InChI is InChI=1S/C30H30Cl2N8O4/c1-2-44-30(43)23-15-37-10-11-38(17-27(37)36-23)29(42)25(12-19-6-4-3-5-7-19)39-18-35-22(14-28(39)41)21-13-20(31)8-9-24(21)40(34)16-26(32)33/h3-9,13-16,18,25H,2,10-12,17,33-34H2,1H3/b26-16-. The van der Waals surface area contributed by atoms with Gasteiger partial charge in [-0.3, -0.25) is 19.2 Å². The summed E-state index contributed by atoms with van der Waals surface area (Å²) < 4.78 is 8.23. The topological polar surface area (TPSA) is 155 Å². The Morgan fingerprint density at radius 1 is 1.16 bits per heavy atom. The fourth-order valence-corrected chi connectivity index (χ4v) is 5.31. The van der Waals surface area contributed by atoms with E-state index in [4.69, 9.17) is 39.5 Å². The molecule has 1 atom stereocenters. The summed E-state index contributed by atoms with van der Waals surface area (Å²) in [4.78, 5) is 50.5. The lowest BCUT2D eigenvalue weighted by atomic mass is 10.0. The number of hydrogen-bond donors (Lipinski definition) is 2. The van der Waals surface area contributed by atoms with Gasteiger partial charge < -0.3 is 19.9 Å². The fraction of sp³-hybridized carbons (Fsp3) is 0.233. The maximum atomic E-state index is 14.1. The number of imidazole rings is 1. The summed E-state index contributed by atoms with van der Waals surface area (Å²) in [5.74, 6) is 5.89. The molecular formula is C30H30Cl2N8O4. The van der Waals surface area contributed by atoms with Crippen molar-refractivity contribution in [2.75, 3.05) is 18.2 Å². The number of ether oxygens (including phenoxy) is 1. The highest BCUT2D eigenvalue weighted by Gasteiger charge is 2.31. The number of carbonyl (C=O) groups is 2. The Labute approximate surface area is 263 Å². The molecule has 14 heteroatoms. The van der Waals surface area contributed by atoms with Gasteiger partial charge in [0.25, 0.3) is 5.56 Å². The van der Waals surface area contributed by atoms with E-state index >= 15 is 0 Å². The zero-order chi connectivity index (χ0) is 31.4. The largest absolute Gasteiger partial charge is 0.461 e. The summed E-state index contributed by atoms with van der Waals surface area (Å²) in [5, 5.41) is 1.56. The number of nitrogens with two attached hydrogens (primary N) is 2. The molecular weight excluding hydrogens is 607 g/mol. The Hall–Kier alpha value is -4.65. The lowest BCUT2D eigenvalue weighted by molar-refractivity contribution is -0.136. The minimum Gasteiger partial charge on any atom is -0.461 e. The van der Waals surface area contributed by atoms with Crippen LogP contribution in [-0.4, -0.2) is 49.0 Å². The number of rotatable bonds is 9. The van der Waals surface area contributed by atoms with Crippen molar-refractivity contribution >= 4 is 40.8 Å². The van der Waals surface area contributed by atoms with Crippen molar-refractivity contribution in [3.8, 4) is 11.3 Å². The molecule has 5 rings (SSSR count). The lowest BCUT2D eigenvalue weighted by Crippen LogP contribution is -2.44. The van der Waals surface area contributed by atoms with Crippen LogP contribution in [-0.2, 0) is 29.0 Å². The monoisotopic (exact) mass is 636 g/mol. The minimum absolute atomic E-state index is 0.0451. The third kappa shape index (κ3) is 6.77. The summed E-state index contributed by atoms with van der Waals surface area (Å²) in [6.45, 7) is 2.92. The minimum atomic E-state index is -0.902. The predicted molar refractivity (Wildman–Crippen MR) is 167 cm³/mol. The van der Waals surface area contributed by atoms with E-state index in [1.807, 2.05) is 34.9 Å². The molecule has 2 aromatic carbocycles. The molecule has 1 amide bonds. The molecule has 12 nitrogen and oxygen atoms in total. The van der Waals surface area contributed by atoms with Gasteiger partial charge in [0, 0.05) is 42.4 Å². The molecule has 0 fully saturated rings. The molecule has 0 saturated heterocycles. The van der Waals surface area contributed by atoms with Gasteiger partial charge in [-0.1, -0.05) is 53.5 Å². The van der Waals surface area contributed by atoms with E-state index < -0.39 is 17.6 Å². The van der Waals surface area contributed by atoms with E-state index in [-0.39, 0.29) is 42.0 Å². The van der Waals surface area contributed by atoms with E-state index in [0.717, 1.165) is 5.56 Å². The van der Waals surface area contributed by atoms with Crippen LogP contribution in [0.15, 0.2) is 83.3 Å². The second kappa shape index (κ2) is 13.3. The molecule has 1 aliphatic rings. The first kappa shape index (κ1) is 30.8. The SMILES string of the molecule is CCOC(=O)c1cn2c(n1)CN(C(=O)C(Cc1ccccc1)n1cnc(-c3cc(Cl)ccc3N(N)/C=C(\N)Cl)cc1=O)CC2. The number of nitrogens with zero attached hydrogens (tertiary/aromatic N) is 6. The molecule has 1 unspecified atom stereocenters. The van der Waals surface area contributed by atoms with E-state index in [1.165, 1.54) is 28.2 Å². The van der Waals surface area contributed by atoms with Crippen LogP contribution in [0.1, 0.15) is 34.8 Å². The molecule has 2 aromatic heterocycles. The van der Waals surface area contributed by atoms with Gasteiger partial charge in [0.15, 0.2) is 5.69 Å². The summed E-state index contributed by atoms with van der Waals surface area (Å²) in [6, 6.07) is 14.7. The highest BCUT2D eigenvalue weighted by molar-refractivity contribution is 6.31. The fourth-order valence-electron chi connectivity index (χ4n) is 5.03. The number of benzene rings is 2. The Bertz CT molecular complexity index is 1770. The number of hydrazine groups is 1. The first-order chi connectivity index (χ1) is 21.1. The van der Waals surface area contributed by atoms with Crippen molar-refractivity contribution in [3.05, 3.63) is 111 Å². The number of halogens is 2. The first-order valence-corrected chi connectivity index (χ1v) is 14.5. The molecule has 0 aliphatic carbocycles. The number of esters is 1. The normalized spacial score (nSPS) is 13.7. The lowest BCUT2D eigenvalue weighted by Gasteiger charge is -2.31. The molecule has 0 saturated carbocycles. The van der Waals surface area contributed by atoms with Gasteiger partial charge in [-0.15, -0.1) is 0 Å². The zero-order valence-electron chi connectivity index (χ0n) is 23.8. The molecule has 0 spiro atoms. The van der Waals surface area contributed by atoms with Crippen LogP contribution in [0.2, 0.25) is 5.02 Å². The molecule has 3 heterocycles. The molecule has 228 valence electrons. The number of amides is 1. The zero-order valence-corrected chi connectivity index (χ0v) is 25.3. The Kier molecular flexibility index (Phi) is 9.33. The molecule has 0 bridgehead atoms. The van der Waals surface area contributed by atoms with Gasteiger partial charge in [-0.25, -0.2) is 20.6 Å². The third-order valence-corrected chi connectivity index (χ3v) is 7.43. The van der Waals surface area contributed by atoms with Gasteiger partial charge in [-0.05, 0) is 30.7 Å². The molecule has 4 N–H and O–H groups in total. The maximum absolute atomic E-state index is 14.1. The number of carbonyl (C=O) groups excluding carboxylic acids is 2. The predicted octanol–water partition coefficient (Wildman–Crippen LogP) is 3.44. The summed E-state index contributed by atoms with van der Waals surface area (Å²) >= 11 is 12.1. The van der Waals surface area contributed by atoms with Gasteiger partial charge >= 0.3 is 5.97 Å². The van der Waals surface area contributed by atoms with Crippen LogP contribution in [0.5, 0.6) is 0 Å². The molecule has 1 aliphatic heterocycles. The van der Waals surface area contributed by atoms with Crippen LogP contribution < -0.4 is 22.1 Å². The van der Waals surface area contributed by atoms with Crippen molar-refractivity contribution in [3.63, 3.8) is 0 Å². The Balaban J connectivity index is 1.48. The molecule has 0 radical (unpaired) electrons. The average Bonchev–Trinajstić information content (AvgIpc) is 3.44. The van der Waals surface area contributed by atoms with Crippen molar-refractivity contribution in [2.45, 2.75) is 32.5 Å². The second-order valence-electron chi connectivity index (χ2n) is 10.0. The van der Waals surface area contributed by atoms with Crippen LogP contribution in [0.4, 0.5) is 5.69 Å². The number of aromatic nitrogens is 4. The molecule has 44 heavy (non-hydrogen) atoms. The number of fused-ring (bicyclic) bond motifs is 1. The van der Waals surface area contributed by atoms with Crippen molar-refractivity contribution in [1.29, 1.82) is 0 Å². The van der Waals surface area contributed by atoms with E-state index in [2.05, 4.69) is 9.97 Å². The summed E-state index contributed by atoms with van der Waals surface area (Å²) in [6.07, 6.45) is 4.54. The number of hydrogen-bond acceptors (Lipinski definition) is 9. The van der Waals surface area contributed by atoms with Crippen LogP contribution >= 0.6 is 23.2 Å². The summed E-state index contributed by atoms with van der Waals surface area (Å²) in [7, 11) is 0. The van der Waals surface area contributed by atoms with Crippen LogP contribution in [0.3, 0.4) is 0 Å². The Morgan fingerprint density at radius 2 is 1.93 bits per heavy atom. The maximum Gasteiger partial charge on any atom is 0.358 e. The van der Waals surface area contributed by atoms with Crippen molar-refractivity contribution in [1.82, 2.24) is 24.0 Å². The van der Waals surface area contributed by atoms with Gasteiger partial charge in [0.1, 0.15) is 17.0 Å². The summed E-state index contributed by atoms with van der Waals surface area (Å²) in [5.41, 5.74) is 7.39. The van der Waals surface area contributed by atoms with Crippen LogP contribution in [0.25, 0.3) is 11.3 Å². The van der Waals surface area contributed by atoms with E-state index in [9.17, 15) is 14.4 Å². The first-order valence-electron chi connectivity index (χ1n) is 13.7. The van der Waals surface area contributed by atoms with E-state index in [1.54, 1.807) is 36.2 Å². The molecule has 4 aromatic rings. The highest BCUT2D eigenvalue weighted by atomic mass is 35.5. The van der Waals surface area contributed by atoms with Crippen molar-refractivity contribution < 1.29 is 14.3 Å². The highest BCUT2D eigenvalue weighted by Crippen LogP contribution is 2.31. The quantitative estimate of drug-likeness (QED) is 0.122. The van der Waals surface area contributed by atoms with Gasteiger partial charge in [0.05, 0.1) is 37.1 Å². The average molecular weight is 638 g/mol. The van der Waals surface area contributed by atoms with Crippen LogP contribution in [0, 0.1) is 0 Å². The third-order valence-electron chi connectivity index (χ3n) is 7.10. The Morgan fingerprint density at radius 3 is 2.64 bits per heavy atom. The second-order valence-corrected chi connectivity index (χ2v) is 10.9. The van der Waals surface area contributed by atoms with Gasteiger partial charge in [-0.2, -0.15) is 0 Å². The van der Waals surface area contributed by atoms with Gasteiger partial charge in [0.2, 0.25) is 5.91 Å². The smallest absolute Gasteiger partial charge is 0.358 e.